The SMILES string of the molecule is COCCOC(=O)C1=C(C)Nc2nc3ccccc3n2C1c1cc(OC)c(OC)cc1OC. The Morgan fingerprint density at radius 2 is 1.70 bits per heavy atom. The smallest absolute Gasteiger partial charge is 0.338 e. The highest BCUT2D eigenvalue weighted by molar-refractivity contribution is 5.94. The molecule has 0 saturated heterocycles. The maximum Gasteiger partial charge on any atom is 0.338 e. The first kappa shape index (κ1) is 22.5. The molecule has 0 saturated carbocycles. The zero-order valence-corrected chi connectivity index (χ0v) is 19.3. The molecule has 0 spiro atoms. The number of aromatic nitrogens is 2. The van der Waals surface area contributed by atoms with E-state index in [2.05, 4.69) is 5.32 Å². The average Bonchev–Trinajstić information content (AvgIpc) is 3.20. The number of carbonyl (C=O) groups excluding carboxylic acids is 1. The Bertz CT molecular complexity index is 1220. The van der Waals surface area contributed by atoms with E-state index in [-0.39, 0.29) is 6.61 Å². The molecule has 9 nitrogen and oxygen atoms in total. The van der Waals surface area contributed by atoms with Crippen LogP contribution in [0.4, 0.5) is 5.95 Å². The van der Waals surface area contributed by atoms with Crippen molar-refractivity contribution in [3.8, 4) is 17.2 Å². The Balaban J connectivity index is 1.96. The number of hydrogen-bond donors (Lipinski definition) is 1. The minimum absolute atomic E-state index is 0.138. The Morgan fingerprint density at radius 1 is 1.00 bits per heavy atom. The van der Waals surface area contributed by atoms with E-state index in [9.17, 15) is 4.79 Å². The standard InChI is InChI=1S/C24H27N3O6/c1-14-21(23(28)33-11-10-29-2)22(15-12-19(31-4)20(32-5)13-18(15)30-3)27-17-9-7-6-8-16(17)26-24(27)25-14/h6-9,12-13,22H,10-11H2,1-5H3,(H,25,26). The Labute approximate surface area is 191 Å². The van der Waals surface area contributed by atoms with Gasteiger partial charge in [-0.15, -0.1) is 0 Å². The third-order valence-electron chi connectivity index (χ3n) is 5.60. The number of benzene rings is 2. The zero-order valence-electron chi connectivity index (χ0n) is 19.3. The largest absolute Gasteiger partial charge is 0.496 e. The summed E-state index contributed by atoms with van der Waals surface area (Å²) in [7, 11) is 6.26. The number of imidazole rings is 1. The van der Waals surface area contributed by atoms with Crippen molar-refractivity contribution in [1.29, 1.82) is 0 Å². The van der Waals surface area contributed by atoms with Gasteiger partial charge in [0.25, 0.3) is 0 Å². The lowest BCUT2D eigenvalue weighted by molar-refractivity contribution is -0.140. The lowest BCUT2D eigenvalue weighted by Gasteiger charge is -2.31. The number of rotatable bonds is 8. The molecule has 1 aromatic heterocycles. The topological polar surface area (TPSA) is 93.1 Å². The monoisotopic (exact) mass is 453 g/mol. The van der Waals surface area contributed by atoms with Gasteiger partial charge in [0.15, 0.2) is 11.5 Å². The first-order chi connectivity index (χ1) is 16.0. The molecule has 2 heterocycles. The predicted molar refractivity (Wildman–Crippen MR) is 123 cm³/mol. The number of nitrogens with zero attached hydrogens (tertiary/aromatic N) is 2. The Morgan fingerprint density at radius 3 is 2.39 bits per heavy atom. The summed E-state index contributed by atoms with van der Waals surface area (Å²) in [5.74, 6) is 1.74. The van der Waals surface area contributed by atoms with E-state index in [0.717, 1.165) is 11.0 Å². The van der Waals surface area contributed by atoms with Crippen LogP contribution in [-0.4, -0.2) is 57.2 Å². The molecule has 33 heavy (non-hydrogen) atoms. The van der Waals surface area contributed by atoms with E-state index < -0.39 is 12.0 Å². The highest BCUT2D eigenvalue weighted by Crippen LogP contribution is 2.45. The van der Waals surface area contributed by atoms with Crippen molar-refractivity contribution in [1.82, 2.24) is 9.55 Å². The van der Waals surface area contributed by atoms with Crippen LogP contribution in [0.25, 0.3) is 11.0 Å². The molecule has 1 aliphatic rings. The van der Waals surface area contributed by atoms with Crippen molar-refractivity contribution in [3.05, 3.63) is 53.2 Å². The summed E-state index contributed by atoms with van der Waals surface area (Å²) in [5.41, 5.74) is 3.44. The summed E-state index contributed by atoms with van der Waals surface area (Å²) >= 11 is 0. The van der Waals surface area contributed by atoms with Gasteiger partial charge in [-0.2, -0.15) is 0 Å². The predicted octanol–water partition coefficient (Wildman–Crippen LogP) is 3.54. The van der Waals surface area contributed by atoms with Crippen molar-refractivity contribution in [2.75, 3.05) is 47.0 Å². The maximum absolute atomic E-state index is 13.3. The van der Waals surface area contributed by atoms with Crippen LogP contribution in [0.15, 0.2) is 47.7 Å². The van der Waals surface area contributed by atoms with Gasteiger partial charge >= 0.3 is 5.97 Å². The molecule has 1 N–H and O–H groups in total. The molecule has 1 unspecified atom stereocenters. The van der Waals surface area contributed by atoms with Gasteiger partial charge in [0, 0.05) is 24.4 Å². The van der Waals surface area contributed by atoms with Crippen molar-refractivity contribution in [2.45, 2.75) is 13.0 Å². The molecule has 0 fully saturated rings. The molecule has 174 valence electrons. The fraction of sp³-hybridized carbons (Fsp3) is 0.333. The molecule has 9 heteroatoms. The molecule has 1 atom stereocenters. The van der Waals surface area contributed by atoms with Gasteiger partial charge in [-0.3, -0.25) is 4.57 Å². The van der Waals surface area contributed by atoms with E-state index in [1.54, 1.807) is 34.5 Å². The molecule has 0 bridgehead atoms. The van der Waals surface area contributed by atoms with Crippen LogP contribution >= 0.6 is 0 Å². The molecule has 0 aliphatic carbocycles. The number of hydrogen-bond acceptors (Lipinski definition) is 8. The molecule has 2 aromatic carbocycles. The third-order valence-corrected chi connectivity index (χ3v) is 5.60. The summed E-state index contributed by atoms with van der Waals surface area (Å²) < 4.78 is 29.3. The van der Waals surface area contributed by atoms with Crippen LogP contribution in [0.5, 0.6) is 17.2 Å². The highest BCUT2D eigenvalue weighted by Gasteiger charge is 2.37. The third kappa shape index (κ3) is 3.95. The van der Waals surface area contributed by atoms with Gasteiger partial charge in [-0.1, -0.05) is 12.1 Å². The van der Waals surface area contributed by atoms with Gasteiger partial charge in [0.05, 0.1) is 50.6 Å². The highest BCUT2D eigenvalue weighted by atomic mass is 16.6. The van der Waals surface area contributed by atoms with Gasteiger partial charge in [-0.25, -0.2) is 9.78 Å². The van der Waals surface area contributed by atoms with Crippen molar-refractivity contribution in [3.63, 3.8) is 0 Å². The quantitative estimate of drug-likeness (QED) is 0.409. The number of para-hydroxylation sites is 2. The first-order valence-electron chi connectivity index (χ1n) is 10.4. The van der Waals surface area contributed by atoms with E-state index in [4.69, 9.17) is 28.7 Å². The number of anilines is 1. The fourth-order valence-corrected chi connectivity index (χ4v) is 4.08. The molecule has 0 radical (unpaired) electrons. The van der Waals surface area contributed by atoms with E-state index in [0.29, 0.717) is 46.6 Å². The number of ether oxygens (including phenoxy) is 5. The Kier molecular flexibility index (Phi) is 6.41. The molecule has 1 aliphatic heterocycles. The van der Waals surface area contributed by atoms with Crippen LogP contribution < -0.4 is 19.5 Å². The molecule has 0 amide bonds. The van der Waals surface area contributed by atoms with Crippen molar-refractivity contribution in [2.24, 2.45) is 0 Å². The summed E-state index contributed by atoms with van der Waals surface area (Å²) in [6.45, 7) is 2.27. The van der Waals surface area contributed by atoms with Gasteiger partial charge in [0.1, 0.15) is 12.4 Å². The fourth-order valence-electron chi connectivity index (χ4n) is 4.08. The lowest BCUT2D eigenvalue weighted by atomic mass is 9.93. The number of methoxy groups -OCH3 is 4. The van der Waals surface area contributed by atoms with E-state index >= 15 is 0 Å². The van der Waals surface area contributed by atoms with Crippen molar-refractivity contribution >= 4 is 23.0 Å². The molecular formula is C24H27N3O6. The van der Waals surface area contributed by atoms with Crippen LogP contribution in [0.1, 0.15) is 18.5 Å². The molecular weight excluding hydrogens is 426 g/mol. The summed E-state index contributed by atoms with van der Waals surface area (Å²) in [6, 6.07) is 10.7. The summed E-state index contributed by atoms with van der Waals surface area (Å²) in [5, 5.41) is 3.26. The molecule has 4 rings (SSSR count). The number of allylic oxidation sites excluding steroid dienone is 1. The average molecular weight is 453 g/mol. The van der Waals surface area contributed by atoms with E-state index in [1.807, 2.05) is 41.8 Å². The van der Waals surface area contributed by atoms with Gasteiger partial charge in [0.2, 0.25) is 5.95 Å². The molecule has 3 aromatic rings. The maximum atomic E-state index is 13.3. The second-order valence-electron chi connectivity index (χ2n) is 7.44. The van der Waals surface area contributed by atoms with Gasteiger partial charge in [-0.05, 0) is 25.1 Å². The Hall–Kier alpha value is -3.72. The minimum Gasteiger partial charge on any atom is -0.496 e. The number of nitrogens with one attached hydrogen (secondary N) is 1. The number of fused-ring (bicyclic) bond motifs is 3. The zero-order chi connectivity index (χ0) is 23.5. The van der Waals surface area contributed by atoms with Crippen LogP contribution in [0.2, 0.25) is 0 Å². The summed E-state index contributed by atoms with van der Waals surface area (Å²) in [4.78, 5) is 18.0. The van der Waals surface area contributed by atoms with Gasteiger partial charge < -0.3 is 29.0 Å². The van der Waals surface area contributed by atoms with Crippen molar-refractivity contribution < 1.29 is 28.5 Å². The summed E-state index contributed by atoms with van der Waals surface area (Å²) in [6.07, 6.45) is 0. The minimum atomic E-state index is -0.585. The normalized spacial score (nSPS) is 15.1. The first-order valence-corrected chi connectivity index (χ1v) is 10.4. The number of esters is 1. The second-order valence-corrected chi connectivity index (χ2v) is 7.44. The van der Waals surface area contributed by atoms with Crippen LogP contribution in [0, 0.1) is 0 Å². The van der Waals surface area contributed by atoms with E-state index in [1.165, 1.54) is 0 Å². The van der Waals surface area contributed by atoms with Crippen LogP contribution in [-0.2, 0) is 14.3 Å². The second kappa shape index (κ2) is 9.41. The van der Waals surface area contributed by atoms with Crippen LogP contribution in [0.3, 0.4) is 0 Å². The lowest BCUT2D eigenvalue weighted by Crippen LogP contribution is -2.29. The number of carbonyl (C=O) groups is 1.